The summed E-state index contributed by atoms with van der Waals surface area (Å²) in [5.74, 6) is -0.00414. The van der Waals surface area contributed by atoms with Crippen LogP contribution >= 0.6 is 22.9 Å². The molecule has 0 atom stereocenters. The molecule has 2 aromatic carbocycles. The Morgan fingerprint density at radius 1 is 1.10 bits per heavy atom. The summed E-state index contributed by atoms with van der Waals surface area (Å²) in [5.41, 5.74) is 2.66. The summed E-state index contributed by atoms with van der Waals surface area (Å²) < 4.78 is 5.71. The Morgan fingerprint density at radius 2 is 1.83 bits per heavy atom. The van der Waals surface area contributed by atoms with Gasteiger partial charge in [0.1, 0.15) is 5.75 Å². The van der Waals surface area contributed by atoms with Crippen molar-refractivity contribution >= 4 is 45.6 Å². The van der Waals surface area contributed by atoms with Gasteiger partial charge >= 0.3 is 0 Å². The van der Waals surface area contributed by atoms with Gasteiger partial charge in [-0.1, -0.05) is 23.7 Å². The van der Waals surface area contributed by atoms with E-state index in [0.29, 0.717) is 27.2 Å². The van der Waals surface area contributed by atoms with Gasteiger partial charge in [0.2, 0.25) is 5.91 Å². The maximum absolute atomic E-state index is 12.7. The van der Waals surface area contributed by atoms with Crippen molar-refractivity contribution in [3.05, 3.63) is 58.4 Å². The largest absolute Gasteiger partial charge is 0.490 e. The van der Waals surface area contributed by atoms with E-state index in [1.807, 2.05) is 31.4 Å². The molecule has 8 heteroatoms. The topological polar surface area (TPSA) is 80.3 Å². The zero-order chi connectivity index (χ0) is 21.0. The van der Waals surface area contributed by atoms with Gasteiger partial charge in [-0.2, -0.15) is 0 Å². The van der Waals surface area contributed by atoms with Crippen molar-refractivity contribution in [1.29, 1.82) is 0 Å². The number of thiazole rings is 1. The molecular formula is C21H20ClN3O3S. The number of anilines is 2. The molecule has 0 saturated carbocycles. The summed E-state index contributed by atoms with van der Waals surface area (Å²) in [5, 5.41) is 8.29. The second kappa shape index (κ2) is 9.07. The van der Waals surface area contributed by atoms with E-state index < -0.39 is 0 Å². The SMILES string of the molecule is CC(=O)Nc1ccc(-c2csc(NC(=O)c3cc(Cl)ccc3OC(C)C)n2)cc1. The molecule has 1 aromatic heterocycles. The van der Waals surface area contributed by atoms with Gasteiger partial charge < -0.3 is 10.1 Å². The third-order valence-corrected chi connectivity index (χ3v) is 4.77. The number of nitrogens with one attached hydrogen (secondary N) is 2. The van der Waals surface area contributed by atoms with Crippen molar-refractivity contribution in [3.8, 4) is 17.0 Å². The minimum Gasteiger partial charge on any atom is -0.490 e. The lowest BCUT2D eigenvalue weighted by molar-refractivity contribution is -0.114. The monoisotopic (exact) mass is 429 g/mol. The van der Waals surface area contributed by atoms with Crippen LogP contribution < -0.4 is 15.4 Å². The first-order valence-corrected chi connectivity index (χ1v) is 10.2. The zero-order valence-corrected chi connectivity index (χ0v) is 17.7. The minimum absolute atomic E-state index is 0.0744. The minimum atomic E-state index is -0.343. The molecule has 0 fully saturated rings. The van der Waals surface area contributed by atoms with Crippen molar-refractivity contribution in [2.75, 3.05) is 10.6 Å². The molecule has 29 heavy (non-hydrogen) atoms. The van der Waals surface area contributed by atoms with Gasteiger partial charge in [-0.05, 0) is 44.2 Å². The van der Waals surface area contributed by atoms with Crippen LogP contribution in [-0.4, -0.2) is 22.9 Å². The van der Waals surface area contributed by atoms with Crippen LogP contribution in [0.4, 0.5) is 10.8 Å². The summed E-state index contributed by atoms with van der Waals surface area (Å²) in [6.07, 6.45) is -0.0744. The number of benzene rings is 2. The Balaban J connectivity index is 1.76. The Labute approximate surface area is 177 Å². The fourth-order valence-corrected chi connectivity index (χ4v) is 3.48. The van der Waals surface area contributed by atoms with Gasteiger partial charge in [0.25, 0.3) is 5.91 Å². The van der Waals surface area contributed by atoms with Gasteiger partial charge in [-0.25, -0.2) is 4.98 Å². The molecule has 0 aliphatic heterocycles. The Morgan fingerprint density at radius 3 is 2.48 bits per heavy atom. The van der Waals surface area contributed by atoms with Crippen LogP contribution in [0.1, 0.15) is 31.1 Å². The van der Waals surface area contributed by atoms with Crippen molar-refractivity contribution in [2.45, 2.75) is 26.9 Å². The van der Waals surface area contributed by atoms with Gasteiger partial charge in [-0.3, -0.25) is 14.9 Å². The molecule has 0 radical (unpaired) electrons. The Hall–Kier alpha value is -2.90. The molecule has 0 aliphatic rings. The molecule has 0 unspecified atom stereocenters. The highest BCUT2D eigenvalue weighted by Gasteiger charge is 2.16. The molecule has 0 aliphatic carbocycles. The zero-order valence-electron chi connectivity index (χ0n) is 16.2. The number of aromatic nitrogens is 1. The second-order valence-corrected chi connectivity index (χ2v) is 7.85. The molecule has 0 saturated heterocycles. The van der Waals surface area contributed by atoms with Gasteiger partial charge in [0.05, 0.1) is 17.4 Å². The number of hydrogen-bond donors (Lipinski definition) is 2. The number of halogens is 1. The molecule has 3 rings (SSSR count). The van der Waals surface area contributed by atoms with Crippen molar-refractivity contribution in [2.24, 2.45) is 0 Å². The van der Waals surface area contributed by atoms with Crippen LogP contribution in [0.2, 0.25) is 5.02 Å². The average molecular weight is 430 g/mol. The quantitative estimate of drug-likeness (QED) is 0.545. The normalized spacial score (nSPS) is 10.7. The molecule has 2 amide bonds. The van der Waals surface area contributed by atoms with Gasteiger partial charge in [-0.15, -0.1) is 11.3 Å². The van der Waals surface area contributed by atoms with Crippen LogP contribution in [0.15, 0.2) is 47.8 Å². The van der Waals surface area contributed by atoms with E-state index in [4.69, 9.17) is 16.3 Å². The Bertz CT molecular complexity index is 1030. The standard InChI is InChI=1S/C21H20ClN3O3S/c1-12(2)28-19-9-6-15(22)10-17(19)20(27)25-21-24-18(11-29-21)14-4-7-16(8-5-14)23-13(3)26/h4-12H,1-3H3,(H,23,26)(H,24,25,27). The summed E-state index contributed by atoms with van der Waals surface area (Å²) >= 11 is 7.37. The number of carbonyl (C=O) groups is 2. The predicted octanol–water partition coefficient (Wildman–Crippen LogP) is 5.46. The average Bonchev–Trinajstić information content (AvgIpc) is 3.11. The second-order valence-electron chi connectivity index (χ2n) is 6.56. The molecule has 0 bridgehead atoms. The number of carbonyl (C=O) groups excluding carboxylic acids is 2. The lowest BCUT2D eigenvalue weighted by atomic mass is 10.1. The van der Waals surface area contributed by atoms with Crippen molar-refractivity contribution in [1.82, 2.24) is 4.98 Å². The molecule has 6 nitrogen and oxygen atoms in total. The summed E-state index contributed by atoms with van der Waals surface area (Å²) in [6, 6.07) is 12.3. The highest BCUT2D eigenvalue weighted by molar-refractivity contribution is 7.14. The van der Waals surface area contributed by atoms with Crippen LogP contribution in [0.25, 0.3) is 11.3 Å². The van der Waals surface area contributed by atoms with E-state index in [-0.39, 0.29) is 17.9 Å². The van der Waals surface area contributed by atoms with Gasteiger partial charge in [0, 0.05) is 28.6 Å². The van der Waals surface area contributed by atoms with Crippen molar-refractivity contribution in [3.63, 3.8) is 0 Å². The van der Waals surface area contributed by atoms with E-state index in [1.165, 1.54) is 18.3 Å². The summed E-state index contributed by atoms with van der Waals surface area (Å²) in [6.45, 7) is 5.24. The van der Waals surface area contributed by atoms with E-state index in [9.17, 15) is 9.59 Å². The fourth-order valence-electron chi connectivity index (χ4n) is 2.59. The number of ether oxygens (including phenoxy) is 1. The molecule has 1 heterocycles. The van der Waals surface area contributed by atoms with Crippen LogP contribution in [0.5, 0.6) is 5.75 Å². The van der Waals surface area contributed by atoms with Crippen LogP contribution in [-0.2, 0) is 4.79 Å². The maximum Gasteiger partial charge on any atom is 0.261 e. The smallest absolute Gasteiger partial charge is 0.261 e. The Kier molecular flexibility index (Phi) is 6.51. The molecule has 3 aromatic rings. The molecular weight excluding hydrogens is 410 g/mol. The van der Waals surface area contributed by atoms with Crippen LogP contribution in [0, 0.1) is 0 Å². The maximum atomic E-state index is 12.7. The molecule has 2 N–H and O–H groups in total. The third-order valence-electron chi connectivity index (χ3n) is 3.77. The van der Waals surface area contributed by atoms with E-state index in [0.717, 1.165) is 11.3 Å². The highest BCUT2D eigenvalue weighted by Crippen LogP contribution is 2.28. The number of rotatable bonds is 6. The summed E-state index contributed by atoms with van der Waals surface area (Å²) in [4.78, 5) is 28.3. The fraction of sp³-hybridized carbons (Fsp3) is 0.190. The van der Waals surface area contributed by atoms with E-state index >= 15 is 0 Å². The molecule has 150 valence electrons. The first-order valence-electron chi connectivity index (χ1n) is 8.93. The van der Waals surface area contributed by atoms with E-state index in [1.54, 1.807) is 30.3 Å². The third kappa shape index (κ3) is 5.56. The first-order chi connectivity index (χ1) is 13.8. The van der Waals surface area contributed by atoms with Gasteiger partial charge in [0.15, 0.2) is 5.13 Å². The van der Waals surface area contributed by atoms with Crippen LogP contribution in [0.3, 0.4) is 0 Å². The predicted molar refractivity (Wildman–Crippen MR) is 117 cm³/mol. The number of nitrogens with zero attached hydrogens (tertiary/aromatic N) is 1. The highest BCUT2D eigenvalue weighted by atomic mass is 35.5. The summed E-state index contributed by atoms with van der Waals surface area (Å²) in [7, 11) is 0. The van der Waals surface area contributed by atoms with Crippen molar-refractivity contribution < 1.29 is 14.3 Å². The number of hydrogen-bond acceptors (Lipinski definition) is 5. The molecule has 0 spiro atoms. The number of amides is 2. The lowest BCUT2D eigenvalue weighted by Gasteiger charge is -2.14. The van der Waals surface area contributed by atoms with E-state index in [2.05, 4.69) is 15.6 Å². The lowest BCUT2D eigenvalue weighted by Crippen LogP contribution is -2.15. The first kappa shape index (κ1) is 20.8.